The Kier molecular flexibility index (Phi) is 9.48. The number of nitrogens with zero attached hydrogens (tertiary/aromatic N) is 2. The third-order valence-corrected chi connectivity index (χ3v) is 5.33. The molecule has 2 aromatic rings. The Morgan fingerprint density at radius 3 is 2.34 bits per heavy atom. The minimum absolute atomic E-state index is 0.0678. The number of aliphatic hydroxyl groups excluding tert-OH is 1. The van der Waals surface area contributed by atoms with Gasteiger partial charge in [0, 0.05) is 19.2 Å². The number of aliphatic hydroxyl groups is 1. The molecule has 32 heavy (non-hydrogen) atoms. The van der Waals surface area contributed by atoms with Gasteiger partial charge < -0.3 is 13.1 Å². The average molecular weight is 552 g/mol. The Balaban J connectivity index is 0.00000176. The fourth-order valence-electron chi connectivity index (χ4n) is 3.28. The van der Waals surface area contributed by atoms with Crippen LogP contribution in [0.4, 0.5) is 0 Å². The molecule has 1 N–H and O–H groups in total. The Morgan fingerprint density at radius 2 is 1.72 bits per heavy atom. The number of fused-ring (bicyclic) bond motifs is 1. The lowest BCUT2D eigenvalue weighted by molar-refractivity contribution is 0.0623. The standard InChI is InChI=1S/C21H19IN2O6.C2H6/c1-23(7-9-30-22)19(27)17-10-13(2-3-15(17)12-26)14-4-5-16-18(11-14)21(29)24(6-8-25)20(16)28;1-2/h2-5,10-12,25H,6-9H2,1H3;1-2H3. The van der Waals surface area contributed by atoms with E-state index in [0.29, 0.717) is 30.6 Å². The minimum Gasteiger partial charge on any atom is -0.395 e. The van der Waals surface area contributed by atoms with Gasteiger partial charge in [-0.15, -0.1) is 0 Å². The summed E-state index contributed by atoms with van der Waals surface area (Å²) in [6.45, 7) is 4.33. The van der Waals surface area contributed by atoms with Gasteiger partial charge in [0.05, 0.1) is 36.4 Å². The van der Waals surface area contributed by atoms with Gasteiger partial charge in [0.25, 0.3) is 17.7 Å². The van der Waals surface area contributed by atoms with Crippen LogP contribution in [0.1, 0.15) is 55.3 Å². The predicted octanol–water partition coefficient (Wildman–Crippen LogP) is 3.22. The van der Waals surface area contributed by atoms with Crippen LogP contribution in [0.25, 0.3) is 11.1 Å². The summed E-state index contributed by atoms with van der Waals surface area (Å²) in [5.41, 5.74) is 2.28. The largest absolute Gasteiger partial charge is 0.395 e. The van der Waals surface area contributed by atoms with Gasteiger partial charge in [-0.25, -0.2) is 0 Å². The Bertz CT molecular complexity index is 1020. The number of imide groups is 1. The third-order valence-electron chi connectivity index (χ3n) is 4.89. The first kappa shape index (κ1) is 25.6. The van der Waals surface area contributed by atoms with Gasteiger partial charge in [0.2, 0.25) is 0 Å². The summed E-state index contributed by atoms with van der Waals surface area (Å²) >= 11 is 1.75. The lowest BCUT2D eigenvalue weighted by atomic mass is 9.96. The van der Waals surface area contributed by atoms with Crippen LogP contribution in [0.5, 0.6) is 0 Å². The van der Waals surface area contributed by atoms with Crippen molar-refractivity contribution in [1.29, 1.82) is 0 Å². The maximum Gasteiger partial charge on any atom is 0.261 e. The van der Waals surface area contributed by atoms with E-state index in [1.807, 2.05) is 13.8 Å². The number of benzene rings is 2. The molecule has 0 aromatic heterocycles. The van der Waals surface area contributed by atoms with Crippen LogP contribution >= 0.6 is 23.0 Å². The second-order valence-electron chi connectivity index (χ2n) is 6.71. The van der Waals surface area contributed by atoms with Gasteiger partial charge in [0.1, 0.15) is 23.0 Å². The van der Waals surface area contributed by atoms with Gasteiger partial charge >= 0.3 is 0 Å². The number of aldehydes is 1. The summed E-state index contributed by atoms with van der Waals surface area (Å²) in [5, 5.41) is 9.09. The SMILES string of the molecule is CC.CN(CCOI)C(=O)c1cc(-c2ccc3c(c2)C(=O)N(CCO)C3=O)ccc1C=O. The van der Waals surface area contributed by atoms with E-state index in [1.165, 1.54) is 4.90 Å². The lowest BCUT2D eigenvalue weighted by Gasteiger charge is -2.18. The molecule has 3 amide bonds. The quantitative estimate of drug-likeness (QED) is 0.307. The molecule has 9 heteroatoms. The fourth-order valence-corrected chi connectivity index (χ4v) is 3.47. The number of likely N-dealkylation sites (N-methyl/N-ethyl adjacent to an activating group) is 1. The number of hydrogen-bond donors (Lipinski definition) is 1. The molecule has 0 spiro atoms. The first-order valence-electron chi connectivity index (χ1n) is 10.1. The summed E-state index contributed by atoms with van der Waals surface area (Å²) < 4.78 is 4.96. The maximum atomic E-state index is 12.8. The molecule has 0 radical (unpaired) electrons. The molecule has 1 aliphatic heterocycles. The first-order chi connectivity index (χ1) is 15.4. The van der Waals surface area contributed by atoms with Crippen molar-refractivity contribution in [2.75, 3.05) is 33.4 Å². The van der Waals surface area contributed by atoms with Crippen LogP contribution in [-0.4, -0.2) is 72.3 Å². The molecule has 1 heterocycles. The molecule has 0 aliphatic carbocycles. The van der Waals surface area contributed by atoms with Gasteiger partial charge in [0.15, 0.2) is 6.29 Å². The number of carbonyl (C=O) groups excluding carboxylic acids is 4. The Morgan fingerprint density at radius 1 is 1.09 bits per heavy atom. The topological polar surface area (TPSA) is 104 Å². The van der Waals surface area contributed by atoms with Crippen LogP contribution < -0.4 is 0 Å². The zero-order chi connectivity index (χ0) is 23.8. The van der Waals surface area contributed by atoms with Gasteiger partial charge in [-0.05, 0) is 29.3 Å². The molecule has 1 aliphatic rings. The van der Waals surface area contributed by atoms with E-state index in [0.717, 1.165) is 4.90 Å². The zero-order valence-corrected chi connectivity index (χ0v) is 20.3. The van der Waals surface area contributed by atoms with E-state index < -0.39 is 11.8 Å². The fraction of sp³-hybridized carbons (Fsp3) is 0.304. The summed E-state index contributed by atoms with van der Waals surface area (Å²) in [7, 11) is 1.62. The van der Waals surface area contributed by atoms with Crippen molar-refractivity contribution in [1.82, 2.24) is 9.80 Å². The number of β-amino-alcohol motifs (C(OH)–C–C–N with tert-alkyl or cyclic N) is 1. The molecule has 2 aromatic carbocycles. The molecule has 0 bridgehead atoms. The first-order valence-corrected chi connectivity index (χ1v) is 11.0. The monoisotopic (exact) mass is 552 g/mol. The number of carbonyl (C=O) groups is 4. The Labute approximate surface area is 200 Å². The molecule has 0 saturated carbocycles. The number of amides is 3. The summed E-state index contributed by atoms with van der Waals surface area (Å²) in [6, 6.07) is 9.66. The van der Waals surface area contributed by atoms with E-state index >= 15 is 0 Å². The summed E-state index contributed by atoms with van der Waals surface area (Å²) in [6.07, 6.45) is 0.622. The second kappa shape index (κ2) is 11.8. The molecule has 170 valence electrons. The molecular formula is C23H25IN2O6. The maximum absolute atomic E-state index is 12.8. The van der Waals surface area contributed by atoms with Crippen LogP contribution in [0.3, 0.4) is 0 Å². The highest BCUT2D eigenvalue weighted by Crippen LogP contribution is 2.29. The van der Waals surface area contributed by atoms with Crippen molar-refractivity contribution in [2.24, 2.45) is 0 Å². The van der Waals surface area contributed by atoms with E-state index in [-0.39, 0.29) is 41.3 Å². The van der Waals surface area contributed by atoms with E-state index in [9.17, 15) is 19.2 Å². The zero-order valence-electron chi connectivity index (χ0n) is 18.1. The highest BCUT2D eigenvalue weighted by atomic mass is 127. The van der Waals surface area contributed by atoms with Crippen molar-refractivity contribution in [2.45, 2.75) is 13.8 Å². The van der Waals surface area contributed by atoms with Crippen molar-refractivity contribution in [3.8, 4) is 11.1 Å². The molecule has 0 saturated heterocycles. The van der Waals surface area contributed by atoms with E-state index in [1.54, 1.807) is 66.5 Å². The van der Waals surface area contributed by atoms with Crippen LogP contribution in [0.2, 0.25) is 0 Å². The van der Waals surface area contributed by atoms with Crippen molar-refractivity contribution < 1.29 is 27.4 Å². The van der Waals surface area contributed by atoms with Crippen LogP contribution in [0.15, 0.2) is 36.4 Å². The summed E-state index contributed by atoms with van der Waals surface area (Å²) in [5.74, 6) is -1.24. The van der Waals surface area contributed by atoms with Crippen LogP contribution in [-0.2, 0) is 3.07 Å². The highest BCUT2D eigenvalue weighted by Gasteiger charge is 2.35. The second-order valence-corrected chi connectivity index (χ2v) is 7.33. The molecule has 8 nitrogen and oxygen atoms in total. The molecule has 0 atom stereocenters. The van der Waals surface area contributed by atoms with Crippen molar-refractivity contribution in [3.63, 3.8) is 0 Å². The van der Waals surface area contributed by atoms with Gasteiger partial charge in [-0.1, -0.05) is 32.0 Å². The van der Waals surface area contributed by atoms with E-state index in [4.69, 9.17) is 8.17 Å². The van der Waals surface area contributed by atoms with Gasteiger partial charge in [-0.3, -0.25) is 24.1 Å². The van der Waals surface area contributed by atoms with E-state index in [2.05, 4.69) is 0 Å². The highest BCUT2D eigenvalue weighted by molar-refractivity contribution is 14.1. The van der Waals surface area contributed by atoms with Crippen LogP contribution in [0, 0.1) is 0 Å². The third kappa shape index (κ3) is 5.22. The number of rotatable bonds is 8. The number of hydrogen-bond acceptors (Lipinski definition) is 6. The minimum atomic E-state index is -0.467. The predicted molar refractivity (Wildman–Crippen MR) is 128 cm³/mol. The average Bonchev–Trinajstić information content (AvgIpc) is 3.07. The molecule has 3 rings (SSSR count). The summed E-state index contributed by atoms with van der Waals surface area (Å²) in [4.78, 5) is 51.5. The van der Waals surface area contributed by atoms with Crippen molar-refractivity contribution >= 4 is 47.0 Å². The normalized spacial score (nSPS) is 12.2. The number of halogens is 1. The molecular weight excluding hydrogens is 527 g/mol. The molecule has 0 fully saturated rings. The van der Waals surface area contributed by atoms with Crippen molar-refractivity contribution in [3.05, 3.63) is 58.7 Å². The smallest absolute Gasteiger partial charge is 0.261 e. The Hall–Kier alpha value is -2.63. The lowest BCUT2D eigenvalue weighted by Crippen LogP contribution is -2.32. The van der Waals surface area contributed by atoms with Gasteiger partial charge in [-0.2, -0.15) is 0 Å². The molecule has 0 unspecified atom stereocenters.